The van der Waals surface area contributed by atoms with Gasteiger partial charge in [0, 0.05) is 48.5 Å². The molecule has 362 valence electrons. The molecule has 3 aliphatic rings. The Hall–Kier alpha value is -5.82. The Labute approximate surface area is 383 Å². The van der Waals surface area contributed by atoms with E-state index in [1.807, 2.05) is 0 Å². The van der Waals surface area contributed by atoms with Gasteiger partial charge in [0.2, 0.25) is 47.3 Å². The van der Waals surface area contributed by atoms with E-state index in [-0.39, 0.29) is 31.6 Å². The lowest BCUT2D eigenvalue weighted by Gasteiger charge is -2.32. The van der Waals surface area contributed by atoms with Gasteiger partial charge in [-0.2, -0.15) is 0 Å². The predicted molar refractivity (Wildman–Crippen MR) is 235 cm³/mol. The maximum absolute atomic E-state index is 14.4. The molecule has 0 spiro atoms. The number of benzene rings is 1. The molecule has 2 fully saturated rings. The normalized spacial score (nSPS) is 25.7. The second-order valence-corrected chi connectivity index (χ2v) is 18.1. The lowest BCUT2D eigenvalue weighted by atomic mass is 9.95. The summed E-state index contributed by atoms with van der Waals surface area (Å²) in [6.07, 6.45) is -2.89. The molecule has 0 unspecified atom stereocenters. The third kappa shape index (κ3) is 12.1. The number of primary amides is 1. The first kappa shape index (κ1) is 51.2. The molecule has 23 nitrogen and oxygen atoms in total. The van der Waals surface area contributed by atoms with Crippen molar-refractivity contribution >= 4 is 75.9 Å². The summed E-state index contributed by atoms with van der Waals surface area (Å²) < 4.78 is 0. The zero-order valence-electron chi connectivity index (χ0n) is 36.9. The van der Waals surface area contributed by atoms with Crippen molar-refractivity contribution in [2.45, 2.75) is 119 Å². The van der Waals surface area contributed by atoms with Gasteiger partial charge in [-0.05, 0) is 30.4 Å². The molecule has 2 aromatic rings. The Bertz CT molecular complexity index is 2170. The number of carboxylic acid groups (broad SMARTS) is 1. The van der Waals surface area contributed by atoms with Gasteiger partial charge in [0.25, 0.3) is 0 Å². The molecule has 24 heteroatoms. The maximum Gasteiger partial charge on any atom is 0.326 e. The van der Waals surface area contributed by atoms with Gasteiger partial charge in [-0.3, -0.25) is 38.4 Å². The van der Waals surface area contributed by atoms with Gasteiger partial charge in [-0.25, -0.2) is 4.79 Å². The van der Waals surface area contributed by atoms with E-state index in [0.717, 1.165) is 16.7 Å². The zero-order chi connectivity index (χ0) is 48.6. The van der Waals surface area contributed by atoms with Crippen molar-refractivity contribution in [3.63, 3.8) is 0 Å². The largest absolute Gasteiger partial charge is 0.480 e. The van der Waals surface area contributed by atoms with Gasteiger partial charge in [0.1, 0.15) is 36.3 Å². The van der Waals surface area contributed by atoms with Gasteiger partial charge in [0.05, 0.1) is 42.8 Å². The second-order valence-electron chi connectivity index (χ2n) is 17.1. The van der Waals surface area contributed by atoms with Gasteiger partial charge in [0.15, 0.2) is 0 Å². The predicted octanol–water partition coefficient (Wildman–Crippen LogP) is -3.85. The summed E-state index contributed by atoms with van der Waals surface area (Å²) in [5.41, 5.74) is 12.7. The topological polar surface area (TPSA) is 369 Å². The van der Waals surface area contributed by atoms with Crippen LogP contribution in [0.25, 0.3) is 10.9 Å². The highest BCUT2D eigenvalue weighted by Gasteiger charge is 2.44. The lowest BCUT2D eigenvalue weighted by Crippen LogP contribution is -2.60. The number of thioether (sulfide) groups is 1. The number of nitrogens with one attached hydrogen (secondary N) is 6. The number of likely N-dealkylation sites (tertiary alicyclic amines) is 1. The number of aliphatic hydroxyl groups is 3. The summed E-state index contributed by atoms with van der Waals surface area (Å²) in [5, 5.41) is 53.7. The number of β-amino-alcohol motifs (C(OH)–C–C–N with tert-alkyl or cyclic N) is 1. The lowest BCUT2D eigenvalue weighted by molar-refractivity contribution is -0.149. The fourth-order valence-corrected chi connectivity index (χ4v) is 9.41. The van der Waals surface area contributed by atoms with Crippen LogP contribution in [0.1, 0.15) is 58.4 Å². The number of rotatable bonds is 13. The molecule has 5 rings (SSSR count). The molecule has 3 aliphatic heterocycles. The number of hydrogen-bond acceptors (Lipinski definition) is 14. The number of amides is 8. The molecular formula is C42H60N10O13S. The first-order valence-electron chi connectivity index (χ1n) is 21.8. The smallest absolute Gasteiger partial charge is 0.326 e. The van der Waals surface area contributed by atoms with Crippen LogP contribution in [-0.2, 0) is 49.6 Å². The van der Waals surface area contributed by atoms with Crippen LogP contribution in [0.2, 0.25) is 0 Å². The van der Waals surface area contributed by atoms with Crippen molar-refractivity contribution in [2.24, 2.45) is 23.3 Å². The number of nitrogens with two attached hydrogens (primary N) is 2. The van der Waals surface area contributed by atoms with Crippen molar-refractivity contribution in [3.8, 4) is 0 Å². The third-order valence-electron chi connectivity index (χ3n) is 12.4. The average Bonchev–Trinajstić information content (AvgIpc) is 4.03. The standard InChI is InChI=1S/C42H60N10O13S/c1-4-19(2)34-41(63)51-11-7-10-28(51)37(60)48-27(36(59)47-26(14-31(43)56)40(62)52-16-21(54)12-29(52)42(64)65)18-66-39-23(22-8-5-6-9-24(22)49-39)13-25(35(58)45-15-32(57)50-34)46-38(61)33(44)20(3)30(55)17-53/h5-6,8-9,19-21,25-30,33-34,49,53-55H,4,7,10-18,44H2,1-3H3,(H2,43,56)(H,45,58)(H,46,61)(H,47,59)(H,48,60)(H,50,57)(H,64,65)/t19-,20-,21+,25-,26-,27-,28+,29-,30-,33-,34-/m0/s1. The molecule has 0 saturated carbocycles. The molecule has 0 bridgehead atoms. The van der Waals surface area contributed by atoms with Gasteiger partial charge < -0.3 is 73.3 Å². The summed E-state index contributed by atoms with van der Waals surface area (Å²) in [5.74, 6) is -9.92. The number of carboxylic acids is 1. The summed E-state index contributed by atoms with van der Waals surface area (Å²) in [7, 11) is 0. The van der Waals surface area contributed by atoms with Crippen molar-refractivity contribution in [2.75, 3.05) is 32.0 Å². The van der Waals surface area contributed by atoms with Crippen molar-refractivity contribution in [1.82, 2.24) is 41.4 Å². The van der Waals surface area contributed by atoms with Crippen LogP contribution in [0.5, 0.6) is 0 Å². The number of carbonyl (C=O) groups excluding carboxylic acids is 8. The summed E-state index contributed by atoms with van der Waals surface area (Å²) in [4.78, 5) is 128. The number of carbonyl (C=O) groups is 9. The number of aliphatic carboxylic acids is 1. The monoisotopic (exact) mass is 944 g/mol. The highest BCUT2D eigenvalue weighted by molar-refractivity contribution is 7.99. The molecule has 1 aromatic carbocycles. The van der Waals surface area contributed by atoms with Crippen LogP contribution in [-0.4, -0.2) is 175 Å². The van der Waals surface area contributed by atoms with E-state index in [1.54, 1.807) is 38.1 Å². The number of nitrogens with zero attached hydrogens (tertiary/aromatic N) is 2. The van der Waals surface area contributed by atoms with E-state index in [2.05, 4.69) is 31.6 Å². The van der Waals surface area contributed by atoms with E-state index in [4.69, 9.17) is 11.5 Å². The number of hydrogen-bond donors (Lipinski definition) is 12. The van der Waals surface area contributed by atoms with Crippen molar-refractivity contribution in [1.29, 1.82) is 0 Å². The first-order valence-corrected chi connectivity index (χ1v) is 22.8. The third-order valence-corrected chi connectivity index (χ3v) is 13.6. The Morgan fingerprint density at radius 1 is 1.05 bits per heavy atom. The molecule has 11 atom stereocenters. The Morgan fingerprint density at radius 2 is 1.76 bits per heavy atom. The number of H-pyrrole nitrogens is 1. The highest BCUT2D eigenvalue weighted by atomic mass is 32.2. The van der Waals surface area contributed by atoms with Crippen LogP contribution in [0.15, 0.2) is 29.3 Å². The zero-order valence-corrected chi connectivity index (χ0v) is 37.7. The van der Waals surface area contributed by atoms with Crippen molar-refractivity contribution < 1.29 is 63.6 Å². The van der Waals surface area contributed by atoms with E-state index >= 15 is 0 Å². The van der Waals surface area contributed by atoms with Crippen LogP contribution in [0.4, 0.5) is 0 Å². The van der Waals surface area contributed by atoms with Gasteiger partial charge >= 0.3 is 5.97 Å². The highest BCUT2D eigenvalue weighted by Crippen LogP contribution is 2.32. The van der Waals surface area contributed by atoms with E-state index in [9.17, 15) is 63.6 Å². The van der Waals surface area contributed by atoms with Crippen LogP contribution >= 0.6 is 11.8 Å². The number of aliphatic hydroxyl groups excluding tert-OH is 3. The molecular weight excluding hydrogens is 885 g/mol. The number of aromatic nitrogens is 1. The molecule has 0 radical (unpaired) electrons. The first-order chi connectivity index (χ1) is 31.2. The summed E-state index contributed by atoms with van der Waals surface area (Å²) >= 11 is 1.00. The van der Waals surface area contributed by atoms with Crippen molar-refractivity contribution in [3.05, 3.63) is 29.8 Å². The molecule has 14 N–H and O–H groups in total. The van der Waals surface area contributed by atoms with E-state index in [0.29, 0.717) is 34.3 Å². The SMILES string of the molecule is CC[C@H](C)[C@@H]1NC(=O)CNC(=O)[C@@H](NC(=O)[C@@H](N)[C@@H](C)[C@@H](O)CO)Cc2c([nH]c3ccccc23)SC[C@@H](C(=O)N[C@@H](CC(N)=O)C(=O)N2C[C@H](O)C[C@H]2C(=O)O)NC(=O)[C@H]2CCCN2C1=O. The minimum atomic E-state index is -1.72. The molecule has 66 heavy (non-hydrogen) atoms. The average molecular weight is 945 g/mol. The Morgan fingerprint density at radius 3 is 2.42 bits per heavy atom. The number of para-hydroxylation sites is 1. The quantitative estimate of drug-likeness (QED) is 0.0915. The molecule has 4 heterocycles. The summed E-state index contributed by atoms with van der Waals surface area (Å²) in [6, 6.07) is -2.88. The second kappa shape index (κ2) is 22.6. The molecule has 1 aromatic heterocycles. The van der Waals surface area contributed by atoms with Crippen LogP contribution in [0, 0.1) is 11.8 Å². The molecule has 8 amide bonds. The fourth-order valence-electron chi connectivity index (χ4n) is 8.29. The van der Waals surface area contributed by atoms with Gasteiger partial charge in [-0.15, -0.1) is 11.8 Å². The minimum Gasteiger partial charge on any atom is -0.480 e. The van der Waals surface area contributed by atoms with Gasteiger partial charge in [-0.1, -0.05) is 45.4 Å². The maximum atomic E-state index is 14.4. The Balaban J connectivity index is 1.57. The molecule has 2 saturated heterocycles. The fraction of sp³-hybridized carbons (Fsp3) is 0.595. The van der Waals surface area contributed by atoms with E-state index in [1.165, 1.54) is 11.8 Å². The Kier molecular flexibility index (Phi) is 17.5. The molecule has 0 aliphatic carbocycles. The summed E-state index contributed by atoms with van der Waals surface area (Å²) in [6.45, 7) is 3.39. The van der Waals surface area contributed by atoms with Crippen LogP contribution < -0.4 is 38.1 Å². The van der Waals surface area contributed by atoms with Crippen LogP contribution in [0.3, 0.4) is 0 Å². The minimum absolute atomic E-state index is 0.125. The van der Waals surface area contributed by atoms with E-state index < -0.39 is 146 Å². The number of aromatic amines is 1. The number of fused-ring (bicyclic) bond motifs is 4.